The summed E-state index contributed by atoms with van der Waals surface area (Å²) in [5, 5.41) is 0.196. The molecule has 0 unspecified atom stereocenters. The van der Waals surface area contributed by atoms with Crippen molar-refractivity contribution in [3.05, 3.63) is 12.2 Å². The standard InChI is InChI=1S/C23H42O3Si/c1-14(2)18-16-12-23(7)20(19(16)18)15(3)11-17(25-13-24-8)21(23)26-27(9,10)22(4,5)6/h14,16-21H,3,11-13H2,1-2,4-10H3/t16-,17-,18-,19-,20-,21+,23+/m1/s1. The van der Waals surface area contributed by atoms with Crippen LogP contribution < -0.4 is 0 Å². The molecular weight excluding hydrogens is 352 g/mol. The molecule has 4 heteroatoms. The topological polar surface area (TPSA) is 27.7 Å². The first-order valence-electron chi connectivity index (χ1n) is 10.8. The summed E-state index contributed by atoms with van der Waals surface area (Å²) < 4.78 is 18.5. The zero-order valence-electron chi connectivity index (χ0n) is 19.1. The average Bonchev–Trinajstić information content (AvgIpc) is 3.10. The van der Waals surface area contributed by atoms with E-state index in [0.29, 0.717) is 12.7 Å². The molecule has 0 aliphatic heterocycles. The third-order valence-electron chi connectivity index (χ3n) is 8.35. The zero-order valence-corrected chi connectivity index (χ0v) is 20.1. The molecular formula is C23H42O3Si. The highest BCUT2D eigenvalue weighted by atomic mass is 28.4. The number of ether oxygens (including phenoxy) is 2. The predicted octanol–water partition coefficient (Wildman–Crippen LogP) is 5.87. The van der Waals surface area contributed by atoms with Crippen molar-refractivity contribution in [3.63, 3.8) is 0 Å². The van der Waals surface area contributed by atoms with Gasteiger partial charge < -0.3 is 13.9 Å². The molecule has 0 saturated heterocycles. The highest BCUT2D eigenvalue weighted by Gasteiger charge is 2.71. The van der Waals surface area contributed by atoms with E-state index in [-0.39, 0.29) is 22.7 Å². The van der Waals surface area contributed by atoms with Crippen molar-refractivity contribution >= 4 is 8.32 Å². The summed E-state index contributed by atoms with van der Waals surface area (Å²) in [4.78, 5) is 0. The minimum Gasteiger partial charge on any atom is -0.411 e. The van der Waals surface area contributed by atoms with E-state index < -0.39 is 8.32 Å². The highest BCUT2D eigenvalue weighted by molar-refractivity contribution is 6.74. The Bertz CT molecular complexity index is 579. The van der Waals surface area contributed by atoms with E-state index in [0.717, 1.165) is 30.1 Å². The smallest absolute Gasteiger partial charge is 0.192 e. The highest BCUT2D eigenvalue weighted by Crippen LogP contribution is 2.73. The van der Waals surface area contributed by atoms with Crippen molar-refractivity contribution in [3.8, 4) is 0 Å². The number of hydrogen-bond acceptors (Lipinski definition) is 3. The summed E-state index contributed by atoms with van der Waals surface area (Å²) in [7, 11) is -0.200. The van der Waals surface area contributed by atoms with Crippen LogP contribution in [0.15, 0.2) is 12.2 Å². The molecule has 3 saturated carbocycles. The second-order valence-electron chi connectivity index (χ2n) is 11.5. The van der Waals surface area contributed by atoms with Gasteiger partial charge in [-0.3, -0.25) is 0 Å². The van der Waals surface area contributed by atoms with Gasteiger partial charge in [-0.15, -0.1) is 0 Å². The van der Waals surface area contributed by atoms with E-state index in [1.165, 1.54) is 12.0 Å². The van der Waals surface area contributed by atoms with E-state index >= 15 is 0 Å². The lowest BCUT2D eigenvalue weighted by molar-refractivity contribution is -0.156. The molecule has 0 aromatic carbocycles. The maximum Gasteiger partial charge on any atom is 0.192 e. The molecule has 27 heavy (non-hydrogen) atoms. The van der Waals surface area contributed by atoms with Gasteiger partial charge in [-0.2, -0.15) is 0 Å². The van der Waals surface area contributed by atoms with Gasteiger partial charge in [0.1, 0.15) is 6.79 Å². The monoisotopic (exact) mass is 394 g/mol. The Kier molecular flexibility index (Phi) is 5.56. The van der Waals surface area contributed by atoms with Gasteiger partial charge in [0.25, 0.3) is 0 Å². The predicted molar refractivity (Wildman–Crippen MR) is 114 cm³/mol. The van der Waals surface area contributed by atoms with Gasteiger partial charge in [-0.05, 0) is 60.6 Å². The molecule has 0 heterocycles. The quantitative estimate of drug-likeness (QED) is 0.320. The minimum absolute atomic E-state index is 0.0582. The fourth-order valence-corrected chi connectivity index (χ4v) is 7.55. The Morgan fingerprint density at radius 3 is 2.41 bits per heavy atom. The van der Waals surface area contributed by atoms with Crippen LogP contribution in [0.5, 0.6) is 0 Å². The van der Waals surface area contributed by atoms with Crippen molar-refractivity contribution in [2.24, 2.45) is 35.0 Å². The van der Waals surface area contributed by atoms with Crippen molar-refractivity contribution in [2.45, 2.75) is 84.7 Å². The Labute approximate surface area is 168 Å². The van der Waals surface area contributed by atoms with Crippen LogP contribution >= 0.6 is 0 Å². The molecule has 0 radical (unpaired) electrons. The molecule has 156 valence electrons. The number of rotatable bonds is 6. The van der Waals surface area contributed by atoms with Crippen LogP contribution in [0.1, 0.15) is 54.4 Å². The van der Waals surface area contributed by atoms with E-state index in [9.17, 15) is 0 Å². The van der Waals surface area contributed by atoms with Gasteiger partial charge in [0.2, 0.25) is 0 Å². The molecule has 7 atom stereocenters. The third-order valence-corrected chi connectivity index (χ3v) is 12.8. The van der Waals surface area contributed by atoms with Crippen molar-refractivity contribution < 1.29 is 13.9 Å². The van der Waals surface area contributed by atoms with Gasteiger partial charge >= 0.3 is 0 Å². The summed E-state index contributed by atoms with van der Waals surface area (Å²) in [6.07, 6.45) is 2.38. The molecule has 0 aromatic heterocycles. The molecule has 0 N–H and O–H groups in total. The van der Waals surface area contributed by atoms with Gasteiger partial charge in [0.15, 0.2) is 8.32 Å². The maximum absolute atomic E-state index is 7.10. The molecule has 3 aliphatic rings. The maximum atomic E-state index is 7.10. The van der Waals surface area contributed by atoms with Crippen molar-refractivity contribution in [2.75, 3.05) is 13.9 Å². The fraction of sp³-hybridized carbons (Fsp3) is 0.913. The minimum atomic E-state index is -1.90. The van der Waals surface area contributed by atoms with E-state index in [1.54, 1.807) is 7.11 Å². The van der Waals surface area contributed by atoms with Crippen LogP contribution in [-0.2, 0) is 13.9 Å². The van der Waals surface area contributed by atoms with Gasteiger partial charge in [0, 0.05) is 12.5 Å². The fourth-order valence-electron chi connectivity index (χ4n) is 6.14. The molecule has 3 nitrogen and oxygen atoms in total. The summed E-state index contributed by atoms with van der Waals surface area (Å²) in [5.41, 5.74) is 1.54. The third kappa shape index (κ3) is 3.49. The summed E-state index contributed by atoms with van der Waals surface area (Å²) in [6, 6.07) is 0. The second kappa shape index (κ2) is 6.96. The Morgan fingerprint density at radius 2 is 1.89 bits per heavy atom. The molecule has 0 bridgehead atoms. The summed E-state index contributed by atoms with van der Waals surface area (Å²) in [6.45, 7) is 23.8. The first kappa shape index (κ1) is 21.5. The number of fused-ring (bicyclic) bond motifs is 3. The van der Waals surface area contributed by atoms with Crippen LogP contribution in [0.2, 0.25) is 18.1 Å². The van der Waals surface area contributed by atoms with Crippen molar-refractivity contribution in [1.29, 1.82) is 0 Å². The SMILES string of the molecule is C=C1C[C@@H](OCOC)[C@H](O[Si](C)(C)C(C)(C)C)[C@@]2(C)C[C@@H]3[C@@H](C(C)C)[C@@H]3[C@@H]12. The van der Waals surface area contributed by atoms with E-state index in [1.807, 2.05) is 0 Å². The largest absolute Gasteiger partial charge is 0.411 e. The Balaban J connectivity index is 1.90. The first-order chi connectivity index (χ1) is 12.3. The van der Waals surface area contributed by atoms with Gasteiger partial charge in [-0.25, -0.2) is 0 Å². The molecule has 0 aromatic rings. The van der Waals surface area contributed by atoms with Crippen molar-refractivity contribution in [1.82, 2.24) is 0 Å². The molecule has 3 aliphatic carbocycles. The number of methoxy groups -OCH3 is 1. The van der Waals surface area contributed by atoms with E-state index in [4.69, 9.17) is 13.9 Å². The molecule has 0 spiro atoms. The second-order valence-corrected chi connectivity index (χ2v) is 16.3. The average molecular weight is 395 g/mol. The van der Waals surface area contributed by atoms with Crippen LogP contribution in [-0.4, -0.2) is 34.4 Å². The Hall–Kier alpha value is -0.163. The summed E-state index contributed by atoms with van der Waals surface area (Å²) in [5.74, 6) is 3.91. The molecule has 3 fully saturated rings. The van der Waals surface area contributed by atoms with Crippen LogP contribution in [0.25, 0.3) is 0 Å². The Morgan fingerprint density at radius 1 is 1.26 bits per heavy atom. The number of hydrogen-bond donors (Lipinski definition) is 0. The lowest BCUT2D eigenvalue weighted by Crippen LogP contribution is -2.58. The first-order valence-corrected chi connectivity index (χ1v) is 13.7. The molecule has 3 rings (SSSR count). The molecule has 0 amide bonds. The lowest BCUT2D eigenvalue weighted by Gasteiger charge is -2.54. The normalized spacial score (nSPS) is 41.6. The van der Waals surface area contributed by atoms with Gasteiger partial charge in [-0.1, -0.05) is 53.7 Å². The van der Waals surface area contributed by atoms with Crippen LogP contribution in [0.4, 0.5) is 0 Å². The van der Waals surface area contributed by atoms with Gasteiger partial charge in [0.05, 0.1) is 12.2 Å². The van der Waals surface area contributed by atoms with E-state index in [2.05, 4.69) is 61.2 Å². The lowest BCUT2D eigenvalue weighted by atomic mass is 9.61. The van der Waals surface area contributed by atoms with Crippen LogP contribution in [0.3, 0.4) is 0 Å². The van der Waals surface area contributed by atoms with Crippen LogP contribution in [0, 0.1) is 35.0 Å². The summed E-state index contributed by atoms with van der Waals surface area (Å²) >= 11 is 0. The zero-order chi connectivity index (χ0) is 20.4.